The van der Waals surface area contributed by atoms with E-state index in [1.54, 1.807) is 48.7 Å². The fourth-order valence-corrected chi connectivity index (χ4v) is 2.31. The Balaban J connectivity index is 1.97. The quantitative estimate of drug-likeness (QED) is 0.670. The molecule has 104 valence electrons. The lowest BCUT2D eigenvalue weighted by Gasteiger charge is -2.06. The van der Waals surface area contributed by atoms with E-state index < -0.39 is 5.97 Å². The second-order valence-electron chi connectivity index (χ2n) is 4.23. The monoisotopic (exact) mass is 344 g/mol. The molecule has 3 rings (SSSR count). The van der Waals surface area contributed by atoms with Crippen molar-refractivity contribution in [3.8, 4) is 5.88 Å². The summed E-state index contributed by atoms with van der Waals surface area (Å²) >= 11 is 3.28. The highest BCUT2D eigenvalue weighted by Gasteiger charge is 2.13. The molecule has 21 heavy (non-hydrogen) atoms. The lowest BCUT2D eigenvalue weighted by molar-refractivity contribution is 0.0726. The van der Waals surface area contributed by atoms with E-state index in [-0.39, 0.29) is 11.4 Å². The molecule has 0 fully saturated rings. The Morgan fingerprint density at radius 1 is 1.14 bits per heavy atom. The molecule has 0 radical (unpaired) electrons. The zero-order valence-corrected chi connectivity index (χ0v) is 12.3. The third-order valence-electron chi connectivity index (χ3n) is 2.84. The molecule has 6 heteroatoms. The number of carbonyl (C=O) groups excluding carboxylic acids is 1. The average Bonchev–Trinajstić information content (AvgIpc) is 2.47. The van der Waals surface area contributed by atoms with E-state index in [2.05, 4.69) is 20.9 Å². The van der Waals surface area contributed by atoms with Crippen molar-refractivity contribution in [3.63, 3.8) is 0 Å². The third-order valence-corrected chi connectivity index (χ3v) is 3.53. The molecule has 0 saturated heterocycles. The first-order valence-corrected chi connectivity index (χ1v) is 6.89. The average molecular weight is 345 g/mol. The summed E-state index contributed by atoms with van der Waals surface area (Å²) in [6, 6.07) is 13.2. The Bertz CT molecular complexity index is 889. The van der Waals surface area contributed by atoms with Crippen molar-refractivity contribution in [2.75, 3.05) is 0 Å². The summed E-state index contributed by atoms with van der Waals surface area (Å²) in [7, 11) is 0. The molecule has 0 unspecified atom stereocenters. The van der Waals surface area contributed by atoms with Crippen LogP contribution in [0.15, 0.2) is 64.0 Å². The van der Waals surface area contributed by atoms with Gasteiger partial charge in [-0.15, -0.1) is 0 Å². The van der Waals surface area contributed by atoms with Crippen LogP contribution in [0.2, 0.25) is 0 Å². The molecular weight excluding hydrogens is 336 g/mol. The Morgan fingerprint density at radius 3 is 2.71 bits per heavy atom. The molecule has 0 bridgehead atoms. The van der Waals surface area contributed by atoms with Crippen molar-refractivity contribution in [1.29, 1.82) is 0 Å². The molecule has 0 aliphatic rings. The number of rotatable bonds is 2. The number of benzene rings is 1. The summed E-state index contributed by atoms with van der Waals surface area (Å²) in [6.07, 6.45) is 1.60. The summed E-state index contributed by atoms with van der Waals surface area (Å²) in [6.45, 7) is 0. The van der Waals surface area contributed by atoms with Crippen molar-refractivity contribution in [1.82, 2.24) is 9.38 Å². The van der Waals surface area contributed by atoms with Crippen LogP contribution in [-0.2, 0) is 0 Å². The van der Waals surface area contributed by atoms with Crippen molar-refractivity contribution in [2.45, 2.75) is 0 Å². The number of ether oxygens (including phenoxy) is 1. The molecule has 5 nitrogen and oxygen atoms in total. The third kappa shape index (κ3) is 2.71. The van der Waals surface area contributed by atoms with Crippen LogP contribution in [-0.4, -0.2) is 15.4 Å². The molecule has 0 aliphatic carbocycles. The van der Waals surface area contributed by atoms with E-state index >= 15 is 0 Å². The van der Waals surface area contributed by atoms with Gasteiger partial charge in [0, 0.05) is 10.7 Å². The molecular formula is C15H9BrN2O3. The van der Waals surface area contributed by atoms with Crippen LogP contribution in [0.5, 0.6) is 5.88 Å². The van der Waals surface area contributed by atoms with Gasteiger partial charge in [0.1, 0.15) is 5.65 Å². The van der Waals surface area contributed by atoms with Crippen LogP contribution in [0.3, 0.4) is 0 Å². The SMILES string of the molecule is O=C(Oc1cc(=O)n2ccccc2n1)c1ccccc1Br. The topological polar surface area (TPSA) is 60.7 Å². The Morgan fingerprint density at radius 2 is 1.90 bits per heavy atom. The number of nitrogens with zero attached hydrogens (tertiary/aromatic N) is 2. The van der Waals surface area contributed by atoms with Crippen molar-refractivity contribution in [2.24, 2.45) is 0 Å². The zero-order chi connectivity index (χ0) is 14.8. The molecule has 0 spiro atoms. The largest absolute Gasteiger partial charge is 0.404 e. The van der Waals surface area contributed by atoms with Crippen LogP contribution >= 0.6 is 15.9 Å². The predicted octanol–water partition coefficient (Wildman–Crippen LogP) is 2.68. The molecule has 2 heterocycles. The normalized spacial score (nSPS) is 10.5. The molecule has 0 N–H and O–H groups in total. The summed E-state index contributed by atoms with van der Waals surface area (Å²) in [4.78, 5) is 28.1. The van der Waals surface area contributed by atoms with Gasteiger partial charge in [-0.05, 0) is 40.2 Å². The number of hydrogen-bond acceptors (Lipinski definition) is 4. The number of esters is 1. The van der Waals surface area contributed by atoms with Gasteiger partial charge in [0.25, 0.3) is 5.56 Å². The molecule has 0 atom stereocenters. The van der Waals surface area contributed by atoms with Crippen LogP contribution < -0.4 is 10.3 Å². The van der Waals surface area contributed by atoms with Crippen molar-refractivity contribution in [3.05, 3.63) is 75.1 Å². The van der Waals surface area contributed by atoms with Gasteiger partial charge in [0.15, 0.2) is 0 Å². The first-order chi connectivity index (χ1) is 10.1. The maximum atomic E-state index is 12.1. The summed E-state index contributed by atoms with van der Waals surface area (Å²) < 4.78 is 7.17. The lowest BCUT2D eigenvalue weighted by atomic mass is 10.2. The first-order valence-electron chi connectivity index (χ1n) is 6.10. The van der Waals surface area contributed by atoms with Crippen LogP contribution in [0.1, 0.15) is 10.4 Å². The van der Waals surface area contributed by atoms with Gasteiger partial charge in [-0.1, -0.05) is 18.2 Å². The van der Waals surface area contributed by atoms with Gasteiger partial charge >= 0.3 is 5.97 Å². The van der Waals surface area contributed by atoms with E-state index in [0.717, 1.165) is 0 Å². The minimum atomic E-state index is -0.574. The Hall–Kier alpha value is -2.47. The predicted molar refractivity (Wildman–Crippen MR) is 80.6 cm³/mol. The van der Waals surface area contributed by atoms with E-state index in [0.29, 0.717) is 15.7 Å². The Kier molecular flexibility index (Phi) is 3.53. The number of carbonyl (C=O) groups is 1. The standard InChI is InChI=1S/C15H9BrN2O3/c16-11-6-2-1-5-10(11)15(20)21-13-9-14(19)18-8-4-3-7-12(18)17-13/h1-9H. The van der Waals surface area contributed by atoms with Gasteiger partial charge in [-0.3, -0.25) is 9.20 Å². The number of pyridine rings is 1. The summed E-state index contributed by atoms with van der Waals surface area (Å²) in [5.74, 6) is -0.596. The zero-order valence-electron chi connectivity index (χ0n) is 10.7. The number of hydrogen-bond donors (Lipinski definition) is 0. The maximum absolute atomic E-state index is 12.1. The number of aromatic nitrogens is 2. The highest BCUT2D eigenvalue weighted by molar-refractivity contribution is 9.10. The fraction of sp³-hybridized carbons (Fsp3) is 0. The minimum Gasteiger partial charge on any atom is -0.404 e. The van der Waals surface area contributed by atoms with Crippen LogP contribution in [0.4, 0.5) is 0 Å². The second-order valence-corrected chi connectivity index (χ2v) is 5.09. The van der Waals surface area contributed by atoms with Gasteiger partial charge < -0.3 is 4.74 Å². The van der Waals surface area contributed by atoms with E-state index in [1.165, 1.54) is 10.5 Å². The molecule has 3 aromatic rings. The van der Waals surface area contributed by atoms with Crippen LogP contribution in [0, 0.1) is 0 Å². The van der Waals surface area contributed by atoms with E-state index in [1.807, 2.05) is 0 Å². The van der Waals surface area contributed by atoms with Crippen molar-refractivity contribution < 1.29 is 9.53 Å². The molecule has 0 saturated carbocycles. The summed E-state index contributed by atoms with van der Waals surface area (Å²) in [5, 5.41) is 0. The highest BCUT2D eigenvalue weighted by Crippen LogP contribution is 2.18. The fourth-order valence-electron chi connectivity index (χ4n) is 1.86. The second kappa shape index (κ2) is 5.49. The van der Waals surface area contributed by atoms with Gasteiger partial charge in [-0.25, -0.2) is 4.79 Å². The Labute approximate surface area is 128 Å². The smallest absolute Gasteiger partial charge is 0.346 e. The highest BCUT2D eigenvalue weighted by atomic mass is 79.9. The van der Waals surface area contributed by atoms with Crippen LogP contribution in [0.25, 0.3) is 5.65 Å². The lowest BCUT2D eigenvalue weighted by Crippen LogP contribution is -2.17. The molecule has 0 amide bonds. The number of halogens is 1. The summed E-state index contributed by atoms with van der Waals surface area (Å²) in [5.41, 5.74) is 0.475. The van der Waals surface area contributed by atoms with Crippen molar-refractivity contribution >= 4 is 27.5 Å². The number of fused-ring (bicyclic) bond motifs is 1. The van der Waals surface area contributed by atoms with E-state index in [9.17, 15) is 9.59 Å². The van der Waals surface area contributed by atoms with Gasteiger partial charge in [0.05, 0.1) is 11.6 Å². The minimum absolute atomic E-state index is 0.0213. The van der Waals surface area contributed by atoms with E-state index in [4.69, 9.17) is 4.74 Å². The molecule has 0 aliphatic heterocycles. The van der Waals surface area contributed by atoms with Gasteiger partial charge in [-0.2, -0.15) is 4.98 Å². The van der Waals surface area contributed by atoms with Gasteiger partial charge in [0.2, 0.25) is 5.88 Å². The molecule has 1 aromatic carbocycles. The molecule has 2 aromatic heterocycles. The maximum Gasteiger partial charge on any atom is 0.346 e. The first kappa shape index (κ1) is 13.5.